The summed E-state index contributed by atoms with van der Waals surface area (Å²) in [6.07, 6.45) is 2.00. The molecule has 1 aromatic heterocycles. The Morgan fingerprint density at radius 1 is 0.933 bits per heavy atom. The number of fused-ring (bicyclic) bond motifs is 4. The summed E-state index contributed by atoms with van der Waals surface area (Å²) in [5.41, 5.74) is 4.97. The molecule has 1 saturated heterocycles. The minimum absolute atomic E-state index is 0.0387. The maximum absolute atomic E-state index is 15.5. The third-order valence-corrected chi connectivity index (χ3v) is 17.7. The molecule has 3 aliphatic rings. The van der Waals surface area contributed by atoms with Gasteiger partial charge in [-0.1, -0.05) is 98.0 Å². The second-order valence-electron chi connectivity index (χ2n) is 17.0. The highest BCUT2D eigenvalue weighted by molar-refractivity contribution is 6.91. The number of H-pyrrole nitrogens is 1. The van der Waals surface area contributed by atoms with Crippen molar-refractivity contribution in [2.45, 2.75) is 69.1 Å². The summed E-state index contributed by atoms with van der Waals surface area (Å²) in [6.45, 7) is 6.91. The number of carbonyl (C=O) groups excluding carboxylic acids is 3. The molecular formula is C49H50N4O6Si. The van der Waals surface area contributed by atoms with Crippen LogP contribution in [0, 0.1) is 5.92 Å². The molecule has 60 heavy (non-hydrogen) atoms. The van der Waals surface area contributed by atoms with E-state index in [0.717, 1.165) is 38.5 Å². The molecule has 1 fully saturated rings. The van der Waals surface area contributed by atoms with E-state index >= 15 is 4.79 Å². The molecule has 0 aliphatic carbocycles. The number of ether oxygens (including phenoxy) is 2. The number of aromatic amines is 1. The van der Waals surface area contributed by atoms with Crippen LogP contribution >= 0.6 is 0 Å². The quantitative estimate of drug-likeness (QED) is 0.123. The monoisotopic (exact) mass is 818 g/mol. The van der Waals surface area contributed by atoms with Crippen molar-refractivity contribution in [2.75, 3.05) is 23.9 Å². The second-order valence-corrected chi connectivity index (χ2v) is 21.7. The summed E-state index contributed by atoms with van der Waals surface area (Å²) in [5, 5.41) is 15.8. The number of anilines is 3. The molecule has 0 bridgehead atoms. The van der Waals surface area contributed by atoms with Gasteiger partial charge in [-0.2, -0.15) is 0 Å². The lowest BCUT2D eigenvalue weighted by Crippen LogP contribution is -2.52. The predicted octanol–water partition coefficient (Wildman–Crippen LogP) is 7.59. The van der Waals surface area contributed by atoms with Gasteiger partial charge < -0.3 is 29.8 Å². The predicted molar refractivity (Wildman–Crippen MR) is 236 cm³/mol. The topological polar surface area (TPSA) is 124 Å². The summed E-state index contributed by atoms with van der Waals surface area (Å²) in [4.78, 5) is 50.7. The minimum atomic E-state index is -2.60. The van der Waals surface area contributed by atoms with Crippen LogP contribution in [-0.2, 0) is 44.1 Å². The van der Waals surface area contributed by atoms with E-state index in [9.17, 15) is 14.7 Å². The summed E-state index contributed by atoms with van der Waals surface area (Å²) < 4.78 is 12.9. The Morgan fingerprint density at radius 2 is 1.65 bits per heavy atom. The number of hydrogen-bond acceptors (Lipinski definition) is 6. The molecule has 10 nitrogen and oxygen atoms in total. The highest BCUT2D eigenvalue weighted by atomic mass is 28.3. The first-order valence-electron chi connectivity index (χ1n) is 20.7. The van der Waals surface area contributed by atoms with E-state index in [1.165, 1.54) is 0 Å². The smallest absolute Gasteiger partial charge is 0.268 e. The molecular weight excluding hydrogens is 769 g/mol. The van der Waals surface area contributed by atoms with E-state index < -0.39 is 19.8 Å². The Balaban J connectivity index is 1.12. The third-order valence-electron chi connectivity index (χ3n) is 13.3. The van der Waals surface area contributed by atoms with Crippen molar-refractivity contribution in [3.8, 4) is 5.75 Å². The van der Waals surface area contributed by atoms with Gasteiger partial charge in [0.05, 0.1) is 52.5 Å². The second kappa shape index (κ2) is 15.5. The number of hydrogen-bond donors (Lipinski definition) is 3. The molecule has 4 heterocycles. The van der Waals surface area contributed by atoms with E-state index in [-0.39, 0.29) is 54.7 Å². The van der Waals surface area contributed by atoms with Gasteiger partial charge in [0.25, 0.3) is 5.91 Å². The minimum Gasteiger partial charge on any atom is -0.497 e. The number of nitrogens with one attached hydrogen (secondary N) is 2. The van der Waals surface area contributed by atoms with Gasteiger partial charge in [0, 0.05) is 46.5 Å². The molecule has 5 atom stereocenters. The highest BCUT2D eigenvalue weighted by Crippen LogP contribution is 2.61. The fourth-order valence-corrected chi connectivity index (χ4v) is 14.3. The molecule has 11 heteroatoms. The van der Waals surface area contributed by atoms with Crippen LogP contribution in [0.2, 0.25) is 18.6 Å². The highest BCUT2D eigenvalue weighted by Gasteiger charge is 2.67. The van der Waals surface area contributed by atoms with E-state index in [2.05, 4.69) is 48.5 Å². The van der Waals surface area contributed by atoms with E-state index in [4.69, 9.17) is 9.47 Å². The molecule has 306 valence electrons. The summed E-state index contributed by atoms with van der Waals surface area (Å²) in [7, 11) is -0.948. The normalized spacial score (nSPS) is 22.2. The molecule has 6 aromatic rings. The third kappa shape index (κ3) is 6.61. The lowest BCUT2D eigenvalue weighted by Gasteiger charge is -2.39. The zero-order valence-corrected chi connectivity index (χ0v) is 35.4. The zero-order valence-electron chi connectivity index (χ0n) is 34.4. The Bertz CT molecular complexity index is 2590. The Kier molecular flexibility index (Phi) is 10.2. The SMILES string of the molecule is COc1ccc([Si](C)(C)[C@H]2[C@H](CC(=O)N3Cc4ccccc4C[C@H]3CO)O[C@@]3(C(=O)N(c4ccccc4)c4ccc(NC(=O)Cc5c[nH]c6ccccc56)cc43)[C@@H]2C)cc1. The van der Waals surface area contributed by atoms with Gasteiger partial charge in [-0.05, 0) is 77.2 Å². The van der Waals surface area contributed by atoms with Crippen molar-refractivity contribution >= 4 is 58.9 Å². The van der Waals surface area contributed by atoms with Gasteiger partial charge in [-0.25, -0.2) is 0 Å². The fourth-order valence-electron chi connectivity index (χ4n) is 10.3. The number of para-hydroxylation sites is 2. The van der Waals surface area contributed by atoms with Gasteiger partial charge in [0.2, 0.25) is 11.8 Å². The van der Waals surface area contributed by atoms with Crippen molar-refractivity contribution in [3.05, 3.63) is 150 Å². The Hall–Kier alpha value is -6.01. The molecule has 0 radical (unpaired) electrons. The van der Waals surface area contributed by atoms with E-state index in [1.54, 1.807) is 16.9 Å². The summed E-state index contributed by atoms with van der Waals surface area (Å²) in [6, 6.07) is 38.9. The lowest BCUT2D eigenvalue weighted by atomic mass is 9.82. The average Bonchev–Trinajstić information content (AvgIpc) is 3.89. The molecule has 3 aliphatic heterocycles. The fraction of sp³-hybridized carbons (Fsp3) is 0.286. The van der Waals surface area contributed by atoms with Gasteiger partial charge in [0.15, 0.2) is 5.60 Å². The molecule has 3 N–H and O–H groups in total. The van der Waals surface area contributed by atoms with Crippen molar-refractivity contribution < 1.29 is 29.0 Å². The zero-order chi connectivity index (χ0) is 41.8. The molecule has 0 saturated carbocycles. The number of carbonyl (C=O) groups is 3. The molecule has 9 rings (SSSR count). The van der Waals surface area contributed by atoms with Crippen LogP contribution in [0.25, 0.3) is 10.9 Å². The number of aliphatic hydroxyl groups excluding tert-OH is 1. The van der Waals surface area contributed by atoms with Crippen LogP contribution in [0.4, 0.5) is 17.1 Å². The van der Waals surface area contributed by atoms with Gasteiger partial charge in [-0.15, -0.1) is 0 Å². The number of aromatic nitrogens is 1. The van der Waals surface area contributed by atoms with Crippen LogP contribution in [0.5, 0.6) is 5.75 Å². The van der Waals surface area contributed by atoms with Crippen molar-refractivity contribution in [2.24, 2.45) is 5.92 Å². The Morgan fingerprint density at radius 3 is 2.40 bits per heavy atom. The average molecular weight is 819 g/mol. The number of benzene rings is 5. The number of rotatable bonds is 10. The van der Waals surface area contributed by atoms with E-state index in [1.807, 2.05) is 109 Å². The van der Waals surface area contributed by atoms with Crippen molar-refractivity contribution in [1.82, 2.24) is 9.88 Å². The number of aliphatic hydroxyl groups is 1. The van der Waals surface area contributed by atoms with Gasteiger partial charge >= 0.3 is 0 Å². The molecule has 3 amide bonds. The maximum Gasteiger partial charge on any atom is 0.268 e. The van der Waals surface area contributed by atoms with Crippen LogP contribution < -0.4 is 20.1 Å². The first-order valence-corrected chi connectivity index (χ1v) is 23.8. The van der Waals surface area contributed by atoms with Crippen LogP contribution in [0.3, 0.4) is 0 Å². The largest absolute Gasteiger partial charge is 0.497 e. The standard InChI is InChI=1S/C49H50N4O6Si/c1-31-47(60(3,4)39-21-19-38(58-2)20-22-39)44(27-46(56)52-29-33-13-9-8-12-32(33)24-37(52)30-54)59-49(31)41-26-35(18-23-43(41)53(48(49)57)36-14-6-5-7-15-36)51-45(55)25-34-28-50-42-17-11-10-16-40(34)42/h5-23,26,28,31,37,44,47,50,54H,24-25,27,29-30H2,1-4H3,(H,51,55)/t31-,37+,44+,47-,49+/m1/s1. The van der Waals surface area contributed by atoms with Gasteiger partial charge in [0.1, 0.15) is 5.75 Å². The van der Waals surface area contributed by atoms with Crippen LogP contribution in [-0.4, -0.2) is 66.6 Å². The van der Waals surface area contributed by atoms with Crippen LogP contribution in [0.1, 0.15) is 35.6 Å². The molecule has 1 spiro atoms. The number of methoxy groups -OCH3 is 1. The van der Waals surface area contributed by atoms with Crippen LogP contribution in [0.15, 0.2) is 128 Å². The molecule has 5 aromatic carbocycles. The molecule has 0 unspecified atom stereocenters. The first kappa shape index (κ1) is 39.4. The summed E-state index contributed by atoms with van der Waals surface area (Å²) in [5.74, 6) is -0.161. The first-order chi connectivity index (χ1) is 29.0. The van der Waals surface area contributed by atoms with Crippen molar-refractivity contribution in [1.29, 1.82) is 0 Å². The lowest BCUT2D eigenvalue weighted by molar-refractivity contribution is -0.150. The van der Waals surface area contributed by atoms with Gasteiger partial charge in [-0.3, -0.25) is 19.3 Å². The Labute approximate surface area is 351 Å². The number of nitrogens with zero attached hydrogens (tertiary/aromatic N) is 2. The maximum atomic E-state index is 15.5. The number of amides is 3. The summed E-state index contributed by atoms with van der Waals surface area (Å²) >= 11 is 0. The van der Waals surface area contributed by atoms with E-state index in [0.29, 0.717) is 35.6 Å². The van der Waals surface area contributed by atoms with Crippen molar-refractivity contribution in [3.63, 3.8) is 0 Å².